The molecule has 0 atom stereocenters. The van der Waals surface area contributed by atoms with Crippen LogP contribution in [0.2, 0.25) is 0 Å². The number of Topliss-reactive ketones (excluding diaryl/α,β-unsaturated/α-hetero) is 1. The Balaban J connectivity index is 1.95. The van der Waals surface area contributed by atoms with Gasteiger partial charge in [0.15, 0.2) is 12.4 Å². The van der Waals surface area contributed by atoms with E-state index in [1.807, 2.05) is 43.3 Å². The molecule has 2 aromatic carbocycles. The summed E-state index contributed by atoms with van der Waals surface area (Å²) in [7, 11) is 0. The molecule has 0 aromatic heterocycles. The number of hydrogen-bond acceptors (Lipinski definition) is 3. The molecule has 0 saturated heterocycles. The van der Waals surface area contributed by atoms with Crippen LogP contribution in [-0.4, -0.2) is 18.4 Å². The number of hydrogen-bond donors (Lipinski definition) is 0. The van der Waals surface area contributed by atoms with Gasteiger partial charge in [0.1, 0.15) is 0 Å². The Morgan fingerprint density at radius 3 is 2.09 bits per heavy atom. The Morgan fingerprint density at radius 2 is 1.52 bits per heavy atom. The fraction of sp³-hybridized carbons (Fsp3) is 0.263. The van der Waals surface area contributed by atoms with Crippen molar-refractivity contribution in [3.05, 3.63) is 58.6 Å². The molecule has 0 aliphatic rings. The summed E-state index contributed by atoms with van der Waals surface area (Å²) in [5.74, 6) is -0.496. The zero-order valence-corrected chi connectivity index (χ0v) is 14.6. The van der Waals surface area contributed by atoms with Gasteiger partial charge in [-0.15, -0.1) is 0 Å². The van der Waals surface area contributed by atoms with Gasteiger partial charge >= 0.3 is 5.97 Å². The van der Waals surface area contributed by atoms with Crippen LogP contribution < -0.4 is 0 Å². The van der Waals surface area contributed by atoms with Crippen LogP contribution in [0.15, 0.2) is 53.0 Å². The molecule has 0 amide bonds. The maximum absolute atomic E-state index is 12.0. The molecule has 0 radical (unpaired) electrons. The van der Waals surface area contributed by atoms with Crippen LogP contribution in [0.1, 0.15) is 36.5 Å². The molecule has 2 aromatic rings. The number of ketones is 1. The van der Waals surface area contributed by atoms with Crippen LogP contribution in [0.3, 0.4) is 0 Å². The zero-order valence-electron chi connectivity index (χ0n) is 13.0. The number of esters is 1. The van der Waals surface area contributed by atoms with Crippen molar-refractivity contribution in [3.63, 3.8) is 0 Å². The molecular formula is C19H19BrO3. The third kappa shape index (κ3) is 5.32. The van der Waals surface area contributed by atoms with Crippen molar-refractivity contribution < 1.29 is 14.3 Å². The van der Waals surface area contributed by atoms with Crippen LogP contribution >= 0.6 is 15.9 Å². The second kappa shape index (κ2) is 8.63. The number of halogens is 1. The highest BCUT2D eigenvalue weighted by atomic mass is 79.9. The number of carbonyl (C=O) groups excluding carboxylic acids is 2. The SMILES string of the molecule is CCCCC(=O)OCC(=O)c1ccc(-c2ccc(Br)cc2)cc1. The second-order valence-corrected chi connectivity index (χ2v) is 6.19. The lowest BCUT2D eigenvalue weighted by Gasteiger charge is -2.06. The summed E-state index contributed by atoms with van der Waals surface area (Å²) in [4.78, 5) is 23.5. The van der Waals surface area contributed by atoms with E-state index in [1.54, 1.807) is 12.1 Å². The summed E-state index contributed by atoms with van der Waals surface area (Å²) in [5.41, 5.74) is 2.67. The first-order valence-corrected chi connectivity index (χ1v) is 8.44. The van der Waals surface area contributed by atoms with Gasteiger partial charge in [-0.1, -0.05) is 65.7 Å². The molecule has 0 bridgehead atoms. The highest BCUT2D eigenvalue weighted by Gasteiger charge is 2.10. The monoisotopic (exact) mass is 374 g/mol. The van der Waals surface area contributed by atoms with Gasteiger partial charge in [-0.25, -0.2) is 0 Å². The lowest BCUT2D eigenvalue weighted by molar-refractivity contribution is -0.142. The first-order valence-electron chi connectivity index (χ1n) is 7.65. The normalized spacial score (nSPS) is 10.3. The Bertz CT molecular complexity index is 660. The quantitative estimate of drug-likeness (QED) is 0.504. The number of rotatable bonds is 7. The average molecular weight is 375 g/mol. The predicted octanol–water partition coefficient (Wildman–Crippen LogP) is 5.03. The van der Waals surface area contributed by atoms with Crippen LogP contribution in [-0.2, 0) is 9.53 Å². The molecule has 0 spiro atoms. The average Bonchev–Trinajstić information content (AvgIpc) is 2.58. The van der Waals surface area contributed by atoms with Gasteiger partial charge < -0.3 is 4.74 Å². The van der Waals surface area contributed by atoms with E-state index in [9.17, 15) is 9.59 Å². The summed E-state index contributed by atoms with van der Waals surface area (Å²) >= 11 is 3.41. The molecular weight excluding hydrogens is 356 g/mol. The van der Waals surface area contributed by atoms with Gasteiger partial charge in [-0.05, 0) is 29.7 Å². The molecule has 0 aliphatic carbocycles. The van der Waals surface area contributed by atoms with Gasteiger partial charge in [0.2, 0.25) is 0 Å². The Labute approximate surface area is 144 Å². The first kappa shape index (κ1) is 17.4. The largest absolute Gasteiger partial charge is 0.457 e. The maximum Gasteiger partial charge on any atom is 0.306 e. The van der Waals surface area contributed by atoms with E-state index in [2.05, 4.69) is 15.9 Å². The summed E-state index contributed by atoms with van der Waals surface area (Å²) < 4.78 is 6.02. The van der Waals surface area contributed by atoms with E-state index in [1.165, 1.54) is 0 Å². The van der Waals surface area contributed by atoms with E-state index in [0.29, 0.717) is 12.0 Å². The topological polar surface area (TPSA) is 43.4 Å². The van der Waals surface area contributed by atoms with Crippen molar-refractivity contribution in [2.45, 2.75) is 26.2 Å². The zero-order chi connectivity index (χ0) is 16.7. The number of unbranched alkanes of at least 4 members (excludes halogenated alkanes) is 1. The van der Waals surface area contributed by atoms with Crippen molar-refractivity contribution >= 4 is 27.7 Å². The number of benzene rings is 2. The molecule has 120 valence electrons. The third-order valence-electron chi connectivity index (χ3n) is 3.48. The standard InChI is InChI=1S/C19H19BrO3/c1-2-3-4-19(22)23-13-18(21)16-7-5-14(6-8-16)15-9-11-17(20)12-10-15/h5-12H,2-4,13H2,1H3. The number of ether oxygens (including phenoxy) is 1. The summed E-state index contributed by atoms with van der Waals surface area (Å²) in [6.45, 7) is 1.81. The van der Waals surface area contributed by atoms with E-state index >= 15 is 0 Å². The Kier molecular flexibility index (Phi) is 6.53. The Morgan fingerprint density at radius 1 is 0.957 bits per heavy atom. The van der Waals surface area contributed by atoms with Gasteiger partial charge in [-0.3, -0.25) is 9.59 Å². The van der Waals surface area contributed by atoms with Crippen molar-refractivity contribution in [2.75, 3.05) is 6.61 Å². The highest BCUT2D eigenvalue weighted by Crippen LogP contribution is 2.22. The van der Waals surface area contributed by atoms with Crippen LogP contribution in [0.5, 0.6) is 0 Å². The van der Waals surface area contributed by atoms with E-state index < -0.39 is 0 Å². The van der Waals surface area contributed by atoms with Crippen molar-refractivity contribution in [1.29, 1.82) is 0 Å². The minimum absolute atomic E-state index is 0.183. The summed E-state index contributed by atoms with van der Waals surface area (Å²) in [5, 5.41) is 0. The molecule has 0 heterocycles. The van der Waals surface area contributed by atoms with E-state index in [0.717, 1.165) is 28.4 Å². The van der Waals surface area contributed by atoms with Crippen molar-refractivity contribution in [2.24, 2.45) is 0 Å². The van der Waals surface area contributed by atoms with Gasteiger partial charge in [-0.2, -0.15) is 0 Å². The molecule has 23 heavy (non-hydrogen) atoms. The van der Waals surface area contributed by atoms with Crippen LogP contribution in [0.4, 0.5) is 0 Å². The van der Waals surface area contributed by atoms with E-state index in [4.69, 9.17) is 4.74 Å². The molecule has 0 unspecified atom stereocenters. The lowest BCUT2D eigenvalue weighted by atomic mass is 10.0. The van der Waals surface area contributed by atoms with Gasteiger partial charge in [0.05, 0.1) is 0 Å². The molecule has 3 nitrogen and oxygen atoms in total. The molecule has 0 aliphatic heterocycles. The first-order chi connectivity index (χ1) is 11.1. The summed E-state index contributed by atoms with van der Waals surface area (Å²) in [6.07, 6.45) is 2.09. The van der Waals surface area contributed by atoms with Crippen LogP contribution in [0, 0.1) is 0 Å². The second-order valence-electron chi connectivity index (χ2n) is 5.27. The van der Waals surface area contributed by atoms with Crippen LogP contribution in [0.25, 0.3) is 11.1 Å². The fourth-order valence-corrected chi connectivity index (χ4v) is 2.38. The van der Waals surface area contributed by atoms with Crippen molar-refractivity contribution in [3.8, 4) is 11.1 Å². The molecule has 0 saturated carbocycles. The lowest BCUT2D eigenvalue weighted by Crippen LogP contribution is -2.13. The smallest absolute Gasteiger partial charge is 0.306 e. The third-order valence-corrected chi connectivity index (χ3v) is 4.01. The highest BCUT2D eigenvalue weighted by molar-refractivity contribution is 9.10. The maximum atomic E-state index is 12.0. The number of carbonyl (C=O) groups is 2. The summed E-state index contributed by atoms with van der Waals surface area (Å²) in [6, 6.07) is 15.3. The molecule has 4 heteroatoms. The molecule has 0 fully saturated rings. The minimum Gasteiger partial charge on any atom is -0.457 e. The van der Waals surface area contributed by atoms with Gasteiger partial charge in [0.25, 0.3) is 0 Å². The predicted molar refractivity (Wildman–Crippen MR) is 94.4 cm³/mol. The fourth-order valence-electron chi connectivity index (χ4n) is 2.11. The Hall–Kier alpha value is -1.94. The van der Waals surface area contributed by atoms with E-state index in [-0.39, 0.29) is 18.4 Å². The molecule has 2 rings (SSSR count). The van der Waals surface area contributed by atoms with Gasteiger partial charge in [0, 0.05) is 16.5 Å². The molecule has 0 N–H and O–H groups in total. The minimum atomic E-state index is -0.313. The van der Waals surface area contributed by atoms with Crippen molar-refractivity contribution in [1.82, 2.24) is 0 Å².